The summed E-state index contributed by atoms with van der Waals surface area (Å²) in [4.78, 5) is 23.5. The van der Waals surface area contributed by atoms with Crippen LogP contribution in [0, 0.1) is 5.92 Å². The van der Waals surface area contributed by atoms with Gasteiger partial charge in [0.2, 0.25) is 0 Å². The van der Waals surface area contributed by atoms with E-state index in [4.69, 9.17) is 11.6 Å². The highest BCUT2D eigenvalue weighted by atomic mass is 35.5. The van der Waals surface area contributed by atoms with Crippen LogP contribution in [0.25, 0.3) is 17.1 Å². The average Bonchev–Trinajstić information content (AvgIpc) is 3.12. The fourth-order valence-electron chi connectivity index (χ4n) is 2.30. The van der Waals surface area contributed by atoms with E-state index in [9.17, 15) is 4.79 Å². The Morgan fingerprint density at radius 2 is 2.25 bits per heavy atom. The van der Waals surface area contributed by atoms with E-state index in [0.717, 1.165) is 35.3 Å². The third-order valence-corrected chi connectivity index (χ3v) is 3.71. The van der Waals surface area contributed by atoms with Crippen LogP contribution in [-0.2, 0) is 4.79 Å². The Bertz CT molecular complexity index is 786. The van der Waals surface area contributed by atoms with Crippen LogP contribution in [0.15, 0.2) is 29.1 Å². The molecule has 1 aliphatic carbocycles. The molecule has 0 bridgehead atoms. The van der Waals surface area contributed by atoms with Gasteiger partial charge in [-0.15, -0.1) is 0 Å². The molecule has 0 spiro atoms. The van der Waals surface area contributed by atoms with E-state index >= 15 is 0 Å². The lowest BCUT2D eigenvalue weighted by atomic mass is 10.2. The zero-order valence-corrected chi connectivity index (χ0v) is 11.2. The van der Waals surface area contributed by atoms with Crippen LogP contribution in [0.3, 0.4) is 0 Å². The zero-order chi connectivity index (χ0) is 13.7. The first-order chi connectivity index (χ1) is 9.70. The SMILES string of the molecule is O=C1NC(C2CC2)=N/C1=C\c1c[nH]c2ncc(Cl)cc12. The molecule has 1 saturated carbocycles. The number of carbonyl (C=O) groups excluding carboxylic acids is 1. The van der Waals surface area contributed by atoms with Gasteiger partial charge in [0.05, 0.1) is 5.02 Å². The van der Waals surface area contributed by atoms with Gasteiger partial charge in [-0.1, -0.05) is 11.6 Å². The largest absolute Gasteiger partial charge is 0.346 e. The molecule has 5 nitrogen and oxygen atoms in total. The lowest BCUT2D eigenvalue weighted by Crippen LogP contribution is -2.25. The van der Waals surface area contributed by atoms with Gasteiger partial charge in [-0.25, -0.2) is 9.98 Å². The minimum Gasteiger partial charge on any atom is -0.346 e. The number of amides is 1. The average molecular weight is 287 g/mol. The van der Waals surface area contributed by atoms with Crippen LogP contribution in [-0.4, -0.2) is 21.7 Å². The van der Waals surface area contributed by atoms with Crippen LogP contribution in [0.5, 0.6) is 0 Å². The number of nitrogens with one attached hydrogen (secondary N) is 2. The van der Waals surface area contributed by atoms with Crippen molar-refractivity contribution in [2.24, 2.45) is 10.9 Å². The number of halogens is 1. The number of pyridine rings is 1. The van der Waals surface area contributed by atoms with Crippen LogP contribution in [0.4, 0.5) is 0 Å². The smallest absolute Gasteiger partial charge is 0.275 e. The Hall–Kier alpha value is -2.14. The Kier molecular flexibility index (Phi) is 2.44. The molecule has 2 aromatic rings. The molecule has 6 heteroatoms. The topological polar surface area (TPSA) is 70.1 Å². The van der Waals surface area contributed by atoms with Crippen molar-refractivity contribution in [1.82, 2.24) is 15.3 Å². The maximum absolute atomic E-state index is 11.9. The lowest BCUT2D eigenvalue weighted by molar-refractivity contribution is -0.115. The van der Waals surface area contributed by atoms with Crippen LogP contribution in [0.2, 0.25) is 5.02 Å². The van der Waals surface area contributed by atoms with Crippen molar-refractivity contribution in [3.8, 4) is 0 Å². The van der Waals surface area contributed by atoms with Crippen molar-refractivity contribution >= 4 is 40.5 Å². The summed E-state index contributed by atoms with van der Waals surface area (Å²) in [7, 11) is 0. The second-order valence-electron chi connectivity index (χ2n) is 5.05. The second-order valence-corrected chi connectivity index (χ2v) is 5.49. The number of aromatic amines is 1. The number of H-pyrrole nitrogens is 1. The monoisotopic (exact) mass is 286 g/mol. The predicted molar refractivity (Wildman–Crippen MR) is 77.4 cm³/mol. The summed E-state index contributed by atoms with van der Waals surface area (Å²) < 4.78 is 0. The van der Waals surface area contributed by atoms with Gasteiger partial charge in [0, 0.05) is 29.3 Å². The van der Waals surface area contributed by atoms with Crippen molar-refractivity contribution < 1.29 is 4.79 Å². The third kappa shape index (κ3) is 1.91. The molecule has 0 saturated heterocycles. The molecule has 1 fully saturated rings. The number of fused-ring (bicyclic) bond motifs is 1. The normalized spacial score (nSPS) is 20.6. The lowest BCUT2D eigenvalue weighted by Gasteiger charge is -1.94. The number of rotatable bonds is 2. The zero-order valence-electron chi connectivity index (χ0n) is 10.5. The van der Waals surface area contributed by atoms with E-state index < -0.39 is 0 Å². The number of amidine groups is 1. The van der Waals surface area contributed by atoms with Crippen molar-refractivity contribution in [3.05, 3.63) is 34.7 Å². The van der Waals surface area contributed by atoms with Crippen molar-refractivity contribution in [1.29, 1.82) is 0 Å². The second kappa shape index (κ2) is 4.18. The van der Waals surface area contributed by atoms with Gasteiger partial charge in [-0.2, -0.15) is 0 Å². The molecule has 20 heavy (non-hydrogen) atoms. The minimum atomic E-state index is -0.142. The van der Waals surface area contributed by atoms with Crippen molar-refractivity contribution in [3.63, 3.8) is 0 Å². The quantitative estimate of drug-likeness (QED) is 0.833. The predicted octanol–water partition coefficient (Wildman–Crippen LogP) is 2.50. The molecule has 3 heterocycles. The Morgan fingerprint density at radius 3 is 3.05 bits per heavy atom. The number of nitrogens with zero attached hydrogens (tertiary/aromatic N) is 2. The number of hydrogen-bond acceptors (Lipinski definition) is 3. The highest BCUT2D eigenvalue weighted by Crippen LogP contribution is 2.32. The summed E-state index contributed by atoms with van der Waals surface area (Å²) in [5.74, 6) is 1.09. The maximum atomic E-state index is 11.9. The molecule has 2 aliphatic rings. The summed E-state index contributed by atoms with van der Waals surface area (Å²) in [6.07, 6.45) is 7.38. The molecular formula is C14H11ClN4O. The fraction of sp³-hybridized carbons (Fsp3) is 0.214. The fourth-order valence-corrected chi connectivity index (χ4v) is 2.46. The molecule has 0 atom stereocenters. The number of carbonyl (C=O) groups is 1. The standard InChI is InChI=1S/C14H11ClN4O/c15-9-4-10-8(5-16-13(10)17-6-9)3-11-14(20)19-12(18-11)7-1-2-7/h3-7H,1-2H2,(H,16,17)(H,18,19,20)/b11-3-. The Labute approximate surface area is 119 Å². The molecule has 1 aliphatic heterocycles. The molecule has 2 N–H and O–H groups in total. The summed E-state index contributed by atoms with van der Waals surface area (Å²) in [6.45, 7) is 0. The van der Waals surface area contributed by atoms with E-state index in [-0.39, 0.29) is 5.91 Å². The van der Waals surface area contributed by atoms with Crippen LogP contribution in [0.1, 0.15) is 18.4 Å². The number of hydrogen-bond donors (Lipinski definition) is 2. The van der Waals surface area contributed by atoms with Gasteiger partial charge in [0.25, 0.3) is 5.91 Å². The molecule has 2 aromatic heterocycles. The first-order valence-electron chi connectivity index (χ1n) is 6.45. The number of aromatic nitrogens is 2. The Morgan fingerprint density at radius 1 is 1.40 bits per heavy atom. The van der Waals surface area contributed by atoms with E-state index in [2.05, 4.69) is 20.3 Å². The van der Waals surface area contributed by atoms with E-state index in [1.807, 2.05) is 6.07 Å². The van der Waals surface area contributed by atoms with Gasteiger partial charge < -0.3 is 10.3 Å². The molecule has 0 unspecified atom stereocenters. The molecular weight excluding hydrogens is 276 g/mol. The van der Waals surface area contributed by atoms with Crippen LogP contribution < -0.4 is 5.32 Å². The highest BCUT2D eigenvalue weighted by molar-refractivity contribution is 6.31. The van der Waals surface area contributed by atoms with Crippen molar-refractivity contribution in [2.45, 2.75) is 12.8 Å². The van der Waals surface area contributed by atoms with E-state index in [1.54, 1.807) is 18.5 Å². The van der Waals surface area contributed by atoms with Crippen molar-refractivity contribution in [2.75, 3.05) is 0 Å². The minimum absolute atomic E-state index is 0.142. The van der Waals surface area contributed by atoms with E-state index in [0.29, 0.717) is 16.6 Å². The van der Waals surface area contributed by atoms with Gasteiger partial charge in [0.15, 0.2) is 0 Å². The molecule has 0 radical (unpaired) electrons. The highest BCUT2D eigenvalue weighted by Gasteiger charge is 2.33. The van der Waals surface area contributed by atoms with Gasteiger partial charge in [-0.05, 0) is 25.0 Å². The van der Waals surface area contributed by atoms with Gasteiger partial charge >= 0.3 is 0 Å². The summed E-state index contributed by atoms with van der Waals surface area (Å²) in [5, 5.41) is 4.28. The summed E-state index contributed by atoms with van der Waals surface area (Å²) in [6, 6.07) is 1.82. The maximum Gasteiger partial charge on any atom is 0.275 e. The molecule has 4 rings (SSSR count). The summed E-state index contributed by atoms with van der Waals surface area (Å²) in [5.41, 5.74) is 2.04. The third-order valence-electron chi connectivity index (χ3n) is 3.50. The van der Waals surface area contributed by atoms with Gasteiger partial charge in [-0.3, -0.25) is 4.79 Å². The number of aliphatic imine (C=N–C) groups is 1. The molecule has 100 valence electrons. The first-order valence-corrected chi connectivity index (χ1v) is 6.83. The molecule has 0 aromatic carbocycles. The van der Waals surface area contributed by atoms with Gasteiger partial charge in [0.1, 0.15) is 17.2 Å². The van der Waals surface area contributed by atoms with Crippen LogP contribution >= 0.6 is 11.6 Å². The van der Waals surface area contributed by atoms with E-state index in [1.165, 1.54) is 0 Å². The Balaban J connectivity index is 1.78. The summed E-state index contributed by atoms with van der Waals surface area (Å²) >= 11 is 5.96. The molecule has 1 amide bonds. The first kappa shape index (κ1) is 11.7.